The van der Waals surface area contributed by atoms with Crippen LogP contribution in [0.1, 0.15) is 25.7 Å². The first-order valence-corrected chi connectivity index (χ1v) is 8.03. The molecule has 0 aromatic heterocycles. The van der Waals surface area contributed by atoms with Crippen LogP contribution in [0.15, 0.2) is 12.7 Å². The van der Waals surface area contributed by atoms with E-state index in [-0.39, 0.29) is 10.8 Å². The Morgan fingerprint density at radius 2 is 1.21 bits per heavy atom. The lowest BCUT2D eigenvalue weighted by atomic mass is 9.81. The van der Waals surface area contributed by atoms with E-state index in [1.807, 2.05) is 6.08 Å². The van der Waals surface area contributed by atoms with Crippen LogP contribution in [0, 0.1) is 35.0 Å². The Labute approximate surface area is 147 Å². The molecule has 0 heterocycles. The van der Waals surface area contributed by atoms with Crippen LogP contribution in [0.4, 0.5) is 0 Å². The first kappa shape index (κ1) is 22.7. The molecule has 0 spiro atoms. The Balaban J connectivity index is 5.08. The number of ether oxygens (including phenoxy) is 4. The van der Waals surface area contributed by atoms with Crippen LogP contribution in [0.3, 0.4) is 0 Å². The van der Waals surface area contributed by atoms with Gasteiger partial charge in [-0.2, -0.15) is 0 Å². The van der Waals surface area contributed by atoms with Crippen LogP contribution >= 0.6 is 0 Å². The van der Waals surface area contributed by atoms with Gasteiger partial charge in [0.1, 0.15) is 0 Å². The molecule has 4 nitrogen and oxygen atoms in total. The van der Waals surface area contributed by atoms with E-state index in [9.17, 15) is 0 Å². The van der Waals surface area contributed by atoms with Gasteiger partial charge < -0.3 is 18.9 Å². The lowest BCUT2D eigenvalue weighted by Crippen LogP contribution is -2.32. The molecule has 0 amide bonds. The van der Waals surface area contributed by atoms with Crippen molar-refractivity contribution in [3.63, 3.8) is 0 Å². The van der Waals surface area contributed by atoms with E-state index in [0.717, 1.165) is 6.42 Å². The fraction of sp³-hybridized carbons (Fsp3) is 0.700. The van der Waals surface area contributed by atoms with Gasteiger partial charge in [-0.05, 0) is 6.42 Å². The van der Waals surface area contributed by atoms with Crippen LogP contribution < -0.4 is 0 Å². The minimum atomic E-state index is -0.269. The number of allylic oxidation sites excluding steroid dienone is 1. The van der Waals surface area contributed by atoms with Crippen molar-refractivity contribution < 1.29 is 18.9 Å². The van der Waals surface area contributed by atoms with Crippen molar-refractivity contribution in [1.29, 1.82) is 0 Å². The highest BCUT2D eigenvalue weighted by atomic mass is 16.5. The molecule has 0 saturated heterocycles. The zero-order chi connectivity index (χ0) is 18.3. The van der Waals surface area contributed by atoms with Crippen LogP contribution in [0.2, 0.25) is 0 Å². The summed E-state index contributed by atoms with van der Waals surface area (Å²) in [4.78, 5) is 0. The highest BCUT2D eigenvalue weighted by Gasteiger charge is 2.30. The number of terminal acetylenes is 1. The van der Waals surface area contributed by atoms with Gasteiger partial charge in [-0.3, -0.25) is 0 Å². The van der Waals surface area contributed by atoms with Gasteiger partial charge in [-0.15, -0.1) is 30.8 Å². The van der Waals surface area contributed by atoms with Gasteiger partial charge >= 0.3 is 0 Å². The molecule has 136 valence electrons. The highest BCUT2D eigenvalue weighted by molar-refractivity contribution is 5.09. The van der Waals surface area contributed by atoms with E-state index in [1.54, 1.807) is 28.4 Å². The first-order valence-electron chi connectivity index (χ1n) is 8.03. The smallest absolute Gasteiger partial charge is 0.0559 e. The van der Waals surface area contributed by atoms with E-state index in [1.165, 1.54) is 0 Å². The molecular weight excluding hydrogens is 304 g/mol. The van der Waals surface area contributed by atoms with Crippen molar-refractivity contribution in [3.05, 3.63) is 12.7 Å². The molecule has 0 saturated carbocycles. The van der Waals surface area contributed by atoms with Crippen molar-refractivity contribution in [2.45, 2.75) is 25.7 Å². The highest BCUT2D eigenvalue weighted by Crippen LogP contribution is 2.29. The molecule has 24 heavy (non-hydrogen) atoms. The maximum absolute atomic E-state index is 5.51. The Bertz CT molecular complexity index is 427. The van der Waals surface area contributed by atoms with E-state index in [0.29, 0.717) is 45.7 Å². The maximum atomic E-state index is 5.51. The van der Waals surface area contributed by atoms with Crippen LogP contribution in [-0.2, 0) is 18.9 Å². The molecule has 0 bridgehead atoms. The van der Waals surface area contributed by atoms with Gasteiger partial charge in [0, 0.05) is 58.5 Å². The Hall–Kier alpha value is -1.30. The molecule has 0 unspecified atom stereocenters. The molecular formula is C20H32O4. The largest absolute Gasteiger partial charge is 0.384 e. The third-order valence-electron chi connectivity index (χ3n) is 3.91. The number of rotatable bonds is 13. The molecule has 0 aliphatic heterocycles. The van der Waals surface area contributed by atoms with E-state index in [4.69, 9.17) is 25.4 Å². The van der Waals surface area contributed by atoms with Crippen molar-refractivity contribution in [2.24, 2.45) is 10.8 Å². The minimum Gasteiger partial charge on any atom is -0.384 e. The molecule has 0 fully saturated rings. The van der Waals surface area contributed by atoms with Gasteiger partial charge in [0.05, 0.1) is 26.4 Å². The molecule has 0 radical (unpaired) electrons. The summed E-state index contributed by atoms with van der Waals surface area (Å²) in [5, 5.41) is 0. The molecule has 0 atom stereocenters. The van der Waals surface area contributed by atoms with Crippen LogP contribution in [-0.4, -0.2) is 54.9 Å². The predicted molar refractivity (Wildman–Crippen MR) is 97.6 cm³/mol. The normalized spacial score (nSPS) is 11.5. The Morgan fingerprint density at radius 3 is 1.58 bits per heavy atom. The van der Waals surface area contributed by atoms with Crippen molar-refractivity contribution in [2.75, 3.05) is 54.9 Å². The molecule has 0 N–H and O–H groups in total. The fourth-order valence-corrected chi connectivity index (χ4v) is 2.89. The summed E-state index contributed by atoms with van der Waals surface area (Å²) in [6.07, 6.45) is 10.1. The second-order valence-electron chi connectivity index (χ2n) is 6.31. The third-order valence-corrected chi connectivity index (χ3v) is 3.91. The fourth-order valence-electron chi connectivity index (χ4n) is 2.89. The number of methoxy groups -OCH3 is 4. The zero-order valence-electron chi connectivity index (χ0n) is 15.7. The van der Waals surface area contributed by atoms with Gasteiger partial charge in [0.15, 0.2) is 0 Å². The van der Waals surface area contributed by atoms with E-state index >= 15 is 0 Å². The molecule has 0 aliphatic carbocycles. The predicted octanol–water partition coefficient (Wildman–Crippen LogP) is 2.93. The quantitative estimate of drug-likeness (QED) is 0.383. The Kier molecular flexibility index (Phi) is 12.3. The molecule has 0 aromatic carbocycles. The van der Waals surface area contributed by atoms with Crippen molar-refractivity contribution >= 4 is 0 Å². The summed E-state index contributed by atoms with van der Waals surface area (Å²) < 4.78 is 21.4. The molecule has 0 rings (SSSR count). The summed E-state index contributed by atoms with van der Waals surface area (Å²) in [6.45, 7) is 6.03. The van der Waals surface area contributed by atoms with Crippen molar-refractivity contribution in [1.82, 2.24) is 0 Å². The third kappa shape index (κ3) is 7.99. The summed E-state index contributed by atoms with van der Waals surface area (Å²) >= 11 is 0. The first-order chi connectivity index (χ1) is 11.6. The average molecular weight is 336 g/mol. The van der Waals surface area contributed by atoms with Gasteiger partial charge in [-0.1, -0.05) is 6.08 Å². The lowest BCUT2D eigenvalue weighted by Gasteiger charge is -2.30. The summed E-state index contributed by atoms with van der Waals surface area (Å²) in [5.41, 5.74) is -0.440. The Morgan fingerprint density at radius 1 is 0.792 bits per heavy atom. The lowest BCUT2D eigenvalue weighted by molar-refractivity contribution is 0.0140. The van der Waals surface area contributed by atoms with E-state index in [2.05, 4.69) is 24.3 Å². The second kappa shape index (κ2) is 13.0. The summed E-state index contributed by atoms with van der Waals surface area (Å²) in [7, 11) is 6.72. The second-order valence-corrected chi connectivity index (χ2v) is 6.31. The van der Waals surface area contributed by atoms with Crippen LogP contribution in [0.5, 0.6) is 0 Å². The topological polar surface area (TPSA) is 36.9 Å². The van der Waals surface area contributed by atoms with Crippen LogP contribution in [0.25, 0.3) is 0 Å². The summed E-state index contributed by atoms with van der Waals surface area (Å²) in [5.74, 6) is 9.25. The standard InChI is InChI=1S/C20H32O4/c1-7-11-19(15-21-3,16-22-4)13-9-10-14-20(12-8-2,17-23-5)18-24-6/h1,8H,2,11-18H2,3-6H3. The zero-order valence-corrected chi connectivity index (χ0v) is 15.7. The molecule has 0 aliphatic rings. The van der Waals surface area contributed by atoms with Gasteiger partial charge in [0.2, 0.25) is 0 Å². The maximum Gasteiger partial charge on any atom is 0.0559 e. The summed E-state index contributed by atoms with van der Waals surface area (Å²) in [6, 6.07) is 0. The van der Waals surface area contributed by atoms with Gasteiger partial charge in [0.25, 0.3) is 0 Å². The minimum absolute atomic E-state index is 0.171. The molecule has 4 heteroatoms. The average Bonchev–Trinajstić information content (AvgIpc) is 2.53. The van der Waals surface area contributed by atoms with E-state index < -0.39 is 0 Å². The van der Waals surface area contributed by atoms with Crippen molar-refractivity contribution in [3.8, 4) is 24.2 Å². The monoisotopic (exact) mass is 336 g/mol. The number of hydrogen-bond donors (Lipinski definition) is 0. The SMILES string of the molecule is C#CCC(CC#CCC(CC=C)(COC)COC)(COC)COC. The number of hydrogen-bond acceptors (Lipinski definition) is 4. The van der Waals surface area contributed by atoms with Gasteiger partial charge in [-0.25, -0.2) is 0 Å². The molecule has 0 aromatic rings.